The van der Waals surface area contributed by atoms with Gasteiger partial charge in [0.1, 0.15) is 4.88 Å². The van der Waals surface area contributed by atoms with Crippen LogP contribution in [0.2, 0.25) is 0 Å². The van der Waals surface area contributed by atoms with E-state index < -0.39 is 24.1 Å². The van der Waals surface area contributed by atoms with Crippen LogP contribution in [-0.4, -0.2) is 60.4 Å². The SMILES string of the molecule is CN1CCC(COC(=O)C(CO)(NCc2ccc(C(=O)O)s2)c2ccccc2)CC1. The van der Waals surface area contributed by atoms with Crippen molar-refractivity contribution < 1.29 is 24.5 Å². The van der Waals surface area contributed by atoms with Crippen molar-refractivity contribution in [2.24, 2.45) is 5.92 Å². The molecule has 3 rings (SSSR count). The van der Waals surface area contributed by atoms with Crippen LogP contribution in [0, 0.1) is 5.92 Å². The molecule has 1 aliphatic heterocycles. The maximum atomic E-state index is 13.2. The van der Waals surface area contributed by atoms with Gasteiger partial charge < -0.3 is 19.8 Å². The Bertz CT molecular complexity index is 848. The molecule has 3 N–H and O–H groups in total. The molecule has 0 saturated carbocycles. The van der Waals surface area contributed by atoms with E-state index in [1.807, 2.05) is 6.07 Å². The van der Waals surface area contributed by atoms with Gasteiger partial charge >= 0.3 is 11.9 Å². The molecule has 1 saturated heterocycles. The molecule has 2 aromatic rings. The summed E-state index contributed by atoms with van der Waals surface area (Å²) in [6.07, 6.45) is 1.95. The summed E-state index contributed by atoms with van der Waals surface area (Å²) >= 11 is 1.13. The predicted molar refractivity (Wildman–Crippen MR) is 115 cm³/mol. The second kappa shape index (κ2) is 10.2. The van der Waals surface area contributed by atoms with Crippen molar-refractivity contribution in [3.05, 3.63) is 57.8 Å². The van der Waals surface area contributed by atoms with Gasteiger partial charge in [-0.25, -0.2) is 9.59 Å². The number of aliphatic hydroxyl groups excluding tert-OH is 1. The number of nitrogens with zero attached hydrogens (tertiary/aromatic N) is 1. The molecule has 1 aliphatic rings. The first-order chi connectivity index (χ1) is 14.4. The van der Waals surface area contributed by atoms with Crippen LogP contribution in [0.1, 0.15) is 33.0 Å². The van der Waals surface area contributed by atoms with Gasteiger partial charge in [0, 0.05) is 11.4 Å². The predicted octanol–water partition coefficient (Wildman–Crippen LogP) is 2.31. The Labute approximate surface area is 180 Å². The highest BCUT2D eigenvalue weighted by Gasteiger charge is 2.41. The monoisotopic (exact) mass is 432 g/mol. The number of rotatable bonds is 9. The second-order valence-corrected chi connectivity index (χ2v) is 8.87. The summed E-state index contributed by atoms with van der Waals surface area (Å²) < 4.78 is 5.69. The normalized spacial score (nSPS) is 17.4. The maximum absolute atomic E-state index is 13.2. The van der Waals surface area contributed by atoms with Crippen LogP contribution in [0.5, 0.6) is 0 Å². The molecule has 0 aliphatic carbocycles. The van der Waals surface area contributed by atoms with E-state index in [1.165, 1.54) is 6.07 Å². The topological polar surface area (TPSA) is 99.1 Å². The summed E-state index contributed by atoms with van der Waals surface area (Å²) in [5, 5.41) is 22.6. The molecular weight excluding hydrogens is 404 g/mol. The molecule has 1 aromatic carbocycles. The largest absolute Gasteiger partial charge is 0.477 e. The summed E-state index contributed by atoms with van der Waals surface area (Å²) in [4.78, 5) is 27.6. The quantitative estimate of drug-likeness (QED) is 0.523. The molecule has 1 aromatic heterocycles. The van der Waals surface area contributed by atoms with E-state index in [-0.39, 0.29) is 11.4 Å². The van der Waals surface area contributed by atoms with Crippen molar-refractivity contribution in [2.75, 3.05) is 33.4 Å². The van der Waals surface area contributed by atoms with Crippen LogP contribution in [-0.2, 0) is 21.6 Å². The fourth-order valence-corrected chi connectivity index (χ4v) is 4.38. The van der Waals surface area contributed by atoms with Gasteiger partial charge in [-0.15, -0.1) is 11.3 Å². The second-order valence-electron chi connectivity index (χ2n) is 7.70. The lowest BCUT2D eigenvalue weighted by atomic mass is 9.90. The Hall–Kier alpha value is -2.26. The zero-order valence-corrected chi connectivity index (χ0v) is 17.9. The number of thiophene rings is 1. The van der Waals surface area contributed by atoms with Crippen LogP contribution >= 0.6 is 11.3 Å². The number of carbonyl (C=O) groups excluding carboxylic acids is 1. The minimum Gasteiger partial charge on any atom is -0.477 e. The molecule has 7 nitrogen and oxygen atoms in total. The minimum absolute atomic E-state index is 0.228. The molecule has 8 heteroatoms. The van der Waals surface area contributed by atoms with E-state index in [0.717, 1.165) is 42.1 Å². The number of esters is 1. The Morgan fingerprint density at radius 1 is 1.20 bits per heavy atom. The van der Waals surface area contributed by atoms with Crippen LogP contribution in [0.3, 0.4) is 0 Å². The van der Waals surface area contributed by atoms with Crippen LogP contribution in [0.4, 0.5) is 0 Å². The number of carboxylic acid groups (broad SMARTS) is 1. The lowest BCUT2D eigenvalue weighted by Crippen LogP contribution is -2.53. The minimum atomic E-state index is -1.42. The summed E-state index contributed by atoms with van der Waals surface area (Å²) in [5.41, 5.74) is -0.809. The number of aliphatic hydroxyl groups is 1. The first-order valence-corrected chi connectivity index (χ1v) is 10.9. The maximum Gasteiger partial charge on any atom is 0.345 e. The summed E-state index contributed by atoms with van der Waals surface area (Å²) in [6, 6.07) is 12.2. The lowest BCUT2D eigenvalue weighted by molar-refractivity contribution is -0.156. The first-order valence-electron chi connectivity index (χ1n) is 10.0. The van der Waals surface area contributed by atoms with Crippen LogP contribution < -0.4 is 5.32 Å². The number of carbonyl (C=O) groups is 2. The highest BCUT2D eigenvalue weighted by atomic mass is 32.1. The van der Waals surface area contributed by atoms with E-state index >= 15 is 0 Å². The third kappa shape index (κ3) is 5.26. The van der Waals surface area contributed by atoms with Gasteiger partial charge in [-0.05, 0) is 56.6 Å². The van der Waals surface area contributed by atoms with E-state index in [2.05, 4.69) is 17.3 Å². The Kier molecular flexibility index (Phi) is 7.60. The molecule has 1 unspecified atom stereocenters. The molecule has 2 heterocycles. The van der Waals surface area contributed by atoms with Gasteiger partial charge in [0.15, 0.2) is 5.54 Å². The molecule has 162 valence electrons. The van der Waals surface area contributed by atoms with Gasteiger partial charge in [0.25, 0.3) is 0 Å². The third-order valence-electron chi connectivity index (χ3n) is 5.58. The zero-order valence-electron chi connectivity index (χ0n) is 17.0. The van der Waals surface area contributed by atoms with E-state index in [4.69, 9.17) is 9.84 Å². The zero-order chi connectivity index (χ0) is 21.6. The molecule has 0 radical (unpaired) electrons. The molecule has 0 bridgehead atoms. The average molecular weight is 433 g/mol. The van der Waals surface area contributed by atoms with Gasteiger partial charge in [-0.2, -0.15) is 0 Å². The van der Waals surface area contributed by atoms with Crippen molar-refractivity contribution >= 4 is 23.3 Å². The van der Waals surface area contributed by atoms with Gasteiger partial charge in [0.2, 0.25) is 0 Å². The van der Waals surface area contributed by atoms with Crippen LogP contribution in [0.25, 0.3) is 0 Å². The van der Waals surface area contributed by atoms with Gasteiger partial charge in [0.05, 0.1) is 13.2 Å². The molecule has 30 heavy (non-hydrogen) atoms. The third-order valence-corrected chi connectivity index (χ3v) is 6.65. The standard InChI is InChI=1S/C22H28N2O5S/c1-24-11-9-16(10-12-24)14-29-21(28)22(15-25,17-5-3-2-4-6-17)23-13-18-7-8-19(30-18)20(26)27/h2-8,16,23,25H,9-15H2,1H3,(H,26,27). The van der Waals surface area contributed by atoms with Crippen LogP contribution in [0.15, 0.2) is 42.5 Å². The Balaban J connectivity index is 1.74. The lowest BCUT2D eigenvalue weighted by Gasteiger charge is -2.33. The summed E-state index contributed by atoms with van der Waals surface area (Å²) in [7, 11) is 2.08. The number of aromatic carboxylic acids is 1. The highest BCUT2D eigenvalue weighted by Crippen LogP contribution is 2.26. The van der Waals surface area contributed by atoms with Gasteiger partial charge in [-0.3, -0.25) is 5.32 Å². The Morgan fingerprint density at radius 2 is 1.90 bits per heavy atom. The molecule has 0 amide bonds. The molecule has 1 atom stereocenters. The summed E-state index contributed by atoms with van der Waals surface area (Å²) in [5.74, 6) is -1.20. The smallest absolute Gasteiger partial charge is 0.345 e. The molecule has 0 spiro atoms. The number of likely N-dealkylation sites (tertiary alicyclic amines) is 1. The number of hydrogen-bond acceptors (Lipinski definition) is 7. The number of carboxylic acids is 1. The van der Waals surface area contributed by atoms with Crippen molar-refractivity contribution in [1.29, 1.82) is 0 Å². The first kappa shape index (κ1) is 22.4. The van der Waals surface area contributed by atoms with E-state index in [9.17, 15) is 14.7 Å². The van der Waals surface area contributed by atoms with Crippen molar-refractivity contribution in [1.82, 2.24) is 10.2 Å². The molecule has 1 fully saturated rings. The van der Waals surface area contributed by atoms with E-state index in [0.29, 0.717) is 18.1 Å². The van der Waals surface area contributed by atoms with E-state index in [1.54, 1.807) is 30.3 Å². The van der Waals surface area contributed by atoms with Gasteiger partial charge in [-0.1, -0.05) is 30.3 Å². The molecular formula is C22H28N2O5S. The number of ether oxygens (including phenoxy) is 1. The number of benzene rings is 1. The van der Waals surface area contributed by atoms with Crippen molar-refractivity contribution in [3.8, 4) is 0 Å². The fourth-order valence-electron chi connectivity index (χ4n) is 3.60. The highest BCUT2D eigenvalue weighted by molar-refractivity contribution is 7.13. The van der Waals surface area contributed by atoms with Crippen molar-refractivity contribution in [3.63, 3.8) is 0 Å². The number of nitrogens with one attached hydrogen (secondary N) is 1. The number of hydrogen-bond donors (Lipinski definition) is 3. The van der Waals surface area contributed by atoms with Crippen molar-refractivity contribution in [2.45, 2.75) is 24.9 Å². The average Bonchev–Trinajstić information content (AvgIpc) is 3.24. The Morgan fingerprint density at radius 3 is 2.50 bits per heavy atom. The summed E-state index contributed by atoms with van der Waals surface area (Å²) in [6.45, 7) is 2.05. The fraction of sp³-hybridized carbons (Fsp3) is 0.455. The number of piperidine rings is 1.